The van der Waals surface area contributed by atoms with Crippen LogP contribution in [0.4, 0.5) is 0 Å². The van der Waals surface area contributed by atoms with Crippen molar-refractivity contribution in [3.63, 3.8) is 0 Å². The van der Waals surface area contributed by atoms with Crippen LogP contribution in [0.3, 0.4) is 0 Å². The van der Waals surface area contributed by atoms with E-state index in [1.165, 1.54) is 18.4 Å². The largest absolute Gasteiger partial charge is 0.491 e. The van der Waals surface area contributed by atoms with Gasteiger partial charge in [-0.05, 0) is 56.7 Å². The van der Waals surface area contributed by atoms with Crippen LogP contribution in [0.5, 0.6) is 5.75 Å². The van der Waals surface area contributed by atoms with Crippen molar-refractivity contribution in [2.75, 3.05) is 13.2 Å². The standard InChI is InChI=1S/C16H25NO2/c1-13(17)5-6-14-7-9-15(10-8-14)19-12-16-4-2-3-11-18-16/h7-10,13,16H,2-6,11-12,17H2,1H3. The first-order valence-corrected chi connectivity index (χ1v) is 7.33. The van der Waals surface area contributed by atoms with Crippen molar-refractivity contribution < 1.29 is 9.47 Å². The van der Waals surface area contributed by atoms with Crippen LogP contribution in [0.25, 0.3) is 0 Å². The third kappa shape index (κ3) is 5.21. The Morgan fingerprint density at radius 3 is 2.74 bits per heavy atom. The van der Waals surface area contributed by atoms with Crippen LogP contribution < -0.4 is 10.5 Å². The van der Waals surface area contributed by atoms with Crippen LogP contribution in [0.2, 0.25) is 0 Å². The van der Waals surface area contributed by atoms with E-state index in [4.69, 9.17) is 15.2 Å². The summed E-state index contributed by atoms with van der Waals surface area (Å²) in [5.41, 5.74) is 7.08. The molecule has 2 atom stereocenters. The van der Waals surface area contributed by atoms with Gasteiger partial charge in [0.25, 0.3) is 0 Å². The number of benzene rings is 1. The summed E-state index contributed by atoms with van der Waals surface area (Å²) in [5.74, 6) is 0.929. The molecule has 0 aromatic heterocycles. The first-order valence-electron chi connectivity index (χ1n) is 7.33. The molecule has 0 spiro atoms. The summed E-state index contributed by atoms with van der Waals surface area (Å²) in [4.78, 5) is 0. The molecule has 1 aliphatic heterocycles. The molecule has 1 aromatic rings. The number of nitrogens with two attached hydrogens (primary N) is 1. The molecule has 2 N–H and O–H groups in total. The summed E-state index contributed by atoms with van der Waals surface area (Å²) in [6, 6.07) is 8.59. The predicted molar refractivity (Wildman–Crippen MR) is 77.5 cm³/mol. The van der Waals surface area contributed by atoms with Crippen LogP contribution in [-0.2, 0) is 11.2 Å². The molecule has 2 rings (SSSR count). The van der Waals surface area contributed by atoms with Gasteiger partial charge in [-0.25, -0.2) is 0 Å². The molecule has 1 aliphatic rings. The average Bonchev–Trinajstić information content (AvgIpc) is 2.45. The normalized spacial score (nSPS) is 21.1. The van der Waals surface area contributed by atoms with Crippen molar-refractivity contribution in [3.05, 3.63) is 29.8 Å². The zero-order valence-corrected chi connectivity index (χ0v) is 11.8. The topological polar surface area (TPSA) is 44.5 Å². The van der Waals surface area contributed by atoms with E-state index >= 15 is 0 Å². The van der Waals surface area contributed by atoms with Crippen LogP contribution in [0.15, 0.2) is 24.3 Å². The number of hydrogen-bond acceptors (Lipinski definition) is 3. The molecule has 3 nitrogen and oxygen atoms in total. The summed E-state index contributed by atoms with van der Waals surface area (Å²) in [6.45, 7) is 3.59. The van der Waals surface area contributed by atoms with Gasteiger partial charge in [0.05, 0.1) is 6.10 Å². The van der Waals surface area contributed by atoms with E-state index in [9.17, 15) is 0 Å². The molecule has 1 fully saturated rings. The van der Waals surface area contributed by atoms with Gasteiger partial charge in [0.15, 0.2) is 0 Å². The minimum atomic E-state index is 0.263. The maximum Gasteiger partial charge on any atom is 0.119 e. The fourth-order valence-corrected chi connectivity index (χ4v) is 2.27. The van der Waals surface area contributed by atoms with Gasteiger partial charge in [0.2, 0.25) is 0 Å². The summed E-state index contributed by atoms with van der Waals surface area (Å²) < 4.78 is 11.4. The quantitative estimate of drug-likeness (QED) is 0.858. The molecule has 0 radical (unpaired) electrons. The Hall–Kier alpha value is -1.06. The van der Waals surface area contributed by atoms with Crippen LogP contribution >= 0.6 is 0 Å². The monoisotopic (exact) mass is 263 g/mol. The summed E-state index contributed by atoms with van der Waals surface area (Å²) in [5, 5.41) is 0. The molecular formula is C16H25NO2. The zero-order valence-electron chi connectivity index (χ0n) is 11.8. The van der Waals surface area contributed by atoms with E-state index in [0.717, 1.165) is 31.6 Å². The molecule has 1 aromatic carbocycles. The summed E-state index contributed by atoms with van der Waals surface area (Å²) >= 11 is 0. The number of rotatable bonds is 6. The van der Waals surface area contributed by atoms with E-state index < -0.39 is 0 Å². The van der Waals surface area contributed by atoms with Gasteiger partial charge in [-0.3, -0.25) is 0 Å². The first-order chi connectivity index (χ1) is 9.24. The Labute approximate surface area is 116 Å². The predicted octanol–water partition coefficient (Wildman–Crippen LogP) is 2.91. The smallest absolute Gasteiger partial charge is 0.119 e. The molecule has 2 unspecified atom stereocenters. The summed E-state index contributed by atoms with van der Waals surface area (Å²) in [7, 11) is 0. The van der Waals surface area contributed by atoms with Crippen molar-refractivity contribution in [2.45, 2.75) is 51.2 Å². The number of ether oxygens (including phenoxy) is 2. The molecule has 0 aliphatic carbocycles. The van der Waals surface area contributed by atoms with Gasteiger partial charge in [-0.1, -0.05) is 12.1 Å². The second-order valence-corrected chi connectivity index (χ2v) is 5.46. The lowest BCUT2D eigenvalue weighted by Crippen LogP contribution is -2.25. The van der Waals surface area contributed by atoms with E-state index in [2.05, 4.69) is 12.1 Å². The van der Waals surface area contributed by atoms with E-state index in [0.29, 0.717) is 6.61 Å². The highest BCUT2D eigenvalue weighted by molar-refractivity contribution is 5.27. The van der Waals surface area contributed by atoms with Crippen LogP contribution in [0, 0.1) is 0 Å². The summed E-state index contributed by atoms with van der Waals surface area (Å²) in [6.07, 6.45) is 5.88. The van der Waals surface area contributed by atoms with Crippen molar-refractivity contribution in [2.24, 2.45) is 5.73 Å². The average molecular weight is 263 g/mol. The van der Waals surface area contributed by atoms with Crippen molar-refractivity contribution in [3.8, 4) is 5.75 Å². The number of hydrogen-bond donors (Lipinski definition) is 1. The molecule has 1 heterocycles. The zero-order chi connectivity index (χ0) is 13.5. The molecule has 0 bridgehead atoms. The van der Waals surface area contributed by atoms with Gasteiger partial charge < -0.3 is 15.2 Å². The minimum Gasteiger partial charge on any atom is -0.491 e. The van der Waals surface area contributed by atoms with Gasteiger partial charge in [-0.15, -0.1) is 0 Å². The second-order valence-electron chi connectivity index (χ2n) is 5.46. The third-order valence-corrected chi connectivity index (χ3v) is 3.52. The Balaban J connectivity index is 1.74. The molecule has 0 amide bonds. The molecule has 3 heteroatoms. The Morgan fingerprint density at radius 1 is 1.32 bits per heavy atom. The fraction of sp³-hybridized carbons (Fsp3) is 0.625. The molecule has 19 heavy (non-hydrogen) atoms. The fourth-order valence-electron chi connectivity index (χ4n) is 2.27. The van der Waals surface area contributed by atoms with Crippen molar-refractivity contribution in [1.29, 1.82) is 0 Å². The minimum absolute atomic E-state index is 0.263. The van der Waals surface area contributed by atoms with Gasteiger partial charge in [-0.2, -0.15) is 0 Å². The first kappa shape index (κ1) is 14.4. The Morgan fingerprint density at radius 2 is 2.11 bits per heavy atom. The van der Waals surface area contributed by atoms with Crippen molar-refractivity contribution >= 4 is 0 Å². The van der Waals surface area contributed by atoms with Crippen molar-refractivity contribution in [1.82, 2.24) is 0 Å². The molecule has 106 valence electrons. The van der Waals surface area contributed by atoms with E-state index in [1.807, 2.05) is 19.1 Å². The van der Waals surface area contributed by atoms with Gasteiger partial charge >= 0.3 is 0 Å². The highest BCUT2D eigenvalue weighted by Crippen LogP contribution is 2.17. The van der Waals surface area contributed by atoms with Crippen LogP contribution in [-0.4, -0.2) is 25.4 Å². The van der Waals surface area contributed by atoms with E-state index in [-0.39, 0.29) is 12.1 Å². The lowest BCUT2D eigenvalue weighted by molar-refractivity contribution is -0.0110. The van der Waals surface area contributed by atoms with Gasteiger partial charge in [0, 0.05) is 12.6 Å². The molecule has 1 saturated heterocycles. The number of aryl methyl sites for hydroxylation is 1. The second kappa shape index (κ2) is 7.51. The SMILES string of the molecule is CC(N)CCc1ccc(OCC2CCCCO2)cc1. The van der Waals surface area contributed by atoms with Gasteiger partial charge in [0.1, 0.15) is 12.4 Å². The highest BCUT2D eigenvalue weighted by Gasteiger charge is 2.14. The van der Waals surface area contributed by atoms with E-state index in [1.54, 1.807) is 0 Å². The van der Waals surface area contributed by atoms with Crippen LogP contribution in [0.1, 0.15) is 38.2 Å². The Bertz CT molecular complexity index is 356. The Kier molecular flexibility index (Phi) is 5.67. The maximum absolute atomic E-state index is 5.78. The lowest BCUT2D eigenvalue weighted by atomic mass is 10.1. The molecule has 0 saturated carbocycles. The third-order valence-electron chi connectivity index (χ3n) is 3.52. The molecular weight excluding hydrogens is 238 g/mol. The maximum atomic E-state index is 5.78. The highest BCUT2D eigenvalue weighted by atomic mass is 16.5. The lowest BCUT2D eigenvalue weighted by Gasteiger charge is -2.22.